The molecule has 3 aromatic rings. The van der Waals surface area contributed by atoms with E-state index < -0.39 is 5.97 Å². The second-order valence-corrected chi connectivity index (χ2v) is 9.38. The van der Waals surface area contributed by atoms with Crippen molar-refractivity contribution in [1.29, 1.82) is 0 Å². The Morgan fingerprint density at radius 3 is 2.49 bits per heavy atom. The monoisotopic (exact) mass is 478 g/mol. The van der Waals surface area contributed by atoms with E-state index in [4.69, 9.17) is 9.47 Å². The number of benzene rings is 2. The first kappa shape index (κ1) is 24.8. The lowest BCUT2D eigenvalue weighted by atomic mass is 9.79. The highest BCUT2D eigenvalue weighted by molar-refractivity contribution is 6.06. The number of ether oxygens (including phenoxy) is 2. The van der Waals surface area contributed by atoms with Gasteiger partial charge in [-0.15, -0.1) is 0 Å². The van der Waals surface area contributed by atoms with Crippen molar-refractivity contribution in [3.63, 3.8) is 0 Å². The number of hydrogen-bond acceptors (Lipinski definition) is 4. The fourth-order valence-corrected chi connectivity index (χ4v) is 4.98. The topological polar surface area (TPSA) is 89.8 Å². The van der Waals surface area contributed by atoms with Gasteiger partial charge in [0.2, 0.25) is 0 Å². The number of carbonyl (C=O) groups is 2. The Kier molecular flexibility index (Phi) is 8.08. The molecule has 0 bridgehead atoms. The van der Waals surface area contributed by atoms with Crippen LogP contribution in [0.25, 0.3) is 10.9 Å². The van der Waals surface area contributed by atoms with Crippen LogP contribution in [0.4, 0.5) is 0 Å². The van der Waals surface area contributed by atoms with Crippen LogP contribution in [0.2, 0.25) is 0 Å². The maximum atomic E-state index is 13.3. The van der Waals surface area contributed by atoms with E-state index >= 15 is 0 Å². The lowest BCUT2D eigenvalue weighted by molar-refractivity contribution is -0.143. The van der Waals surface area contributed by atoms with Gasteiger partial charge in [-0.2, -0.15) is 0 Å². The Labute approximate surface area is 206 Å². The first-order valence-corrected chi connectivity index (χ1v) is 12.3. The van der Waals surface area contributed by atoms with E-state index in [1.807, 2.05) is 61.7 Å². The Balaban J connectivity index is 1.45. The van der Waals surface area contributed by atoms with Crippen LogP contribution in [0.5, 0.6) is 5.75 Å². The minimum Gasteiger partial charge on any atom is -0.491 e. The number of nitrogens with zero attached hydrogens (tertiary/aromatic N) is 1. The minimum absolute atomic E-state index is 0.0124. The van der Waals surface area contributed by atoms with Crippen LogP contribution < -0.4 is 10.1 Å². The Morgan fingerprint density at radius 1 is 1.06 bits per heavy atom. The number of hydrogen-bond donors (Lipinski definition) is 2. The van der Waals surface area contributed by atoms with E-state index in [1.165, 1.54) is 0 Å². The zero-order valence-corrected chi connectivity index (χ0v) is 20.4. The number of aromatic nitrogens is 1. The highest BCUT2D eigenvalue weighted by Gasteiger charge is 2.29. The Bertz CT molecular complexity index is 1150. The Hall–Kier alpha value is -3.32. The molecule has 7 heteroatoms. The first-order chi connectivity index (χ1) is 17.0. The van der Waals surface area contributed by atoms with Gasteiger partial charge < -0.3 is 24.5 Å². The lowest BCUT2D eigenvalue weighted by Gasteiger charge is -2.31. The smallest absolute Gasteiger partial charge is 0.306 e. The van der Waals surface area contributed by atoms with Crippen molar-refractivity contribution in [2.24, 2.45) is 11.8 Å². The van der Waals surface area contributed by atoms with Gasteiger partial charge in [-0.05, 0) is 68.4 Å². The summed E-state index contributed by atoms with van der Waals surface area (Å²) in [6, 6.07) is 15.8. The predicted molar refractivity (Wildman–Crippen MR) is 135 cm³/mol. The summed E-state index contributed by atoms with van der Waals surface area (Å²) in [5.41, 5.74) is 2.67. The van der Waals surface area contributed by atoms with Crippen molar-refractivity contribution in [2.75, 3.05) is 20.3 Å². The van der Waals surface area contributed by atoms with Gasteiger partial charge in [0.05, 0.1) is 23.6 Å². The van der Waals surface area contributed by atoms with Crippen LogP contribution >= 0.6 is 0 Å². The van der Waals surface area contributed by atoms with Gasteiger partial charge in [0.25, 0.3) is 5.91 Å². The molecule has 1 aliphatic rings. The molecular formula is C28H34N2O5. The van der Waals surface area contributed by atoms with Gasteiger partial charge in [-0.1, -0.05) is 24.3 Å². The summed E-state index contributed by atoms with van der Waals surface area (Å²) in [6.45, 7) is 3.72. The molecule has 1 unspecified atom stereocenters. The van der Waals surface area contributed by atoms with Crippen LogP contribution in [-0.2, 0) is 16.1 Å². The normalized spacial score (nSPS) is 18.8. The summed E-state index contributed by atoms with van der Waals surface area (Å²) in [6.07, 6.45) is 5.01. The summed E-state index contributed by atoms with van der Waals surface area (Å²) >= 11 is 0. The van der Waals surface area contributed by atoms with Crippen molar-refractivity contribution < 1.29 is 24.2 Å². The molecule has 1 aliphatic carbocycles. The van der Waals surface area contributed by atoms with Gasteiger partial charge in [0.1, 0.15) is 12.4 Å². The maximum absolute atomic E-state index is 13.3. The molecule has 1 aromatic heterocycles. The molecule has 0 radical (unpaired) electrons. The van der Waals surface area contributed by atoms with Crippen molar-refractivity contribution >= 4 is 22.8 Å². The molecule has 1 atom stereocenters. The molecule has 0 spiro atoms. The number of fused-ring (bicyclic) bond motifs is 1. The molecule has 0 aliphatic heterocycles. The summed E-state index contributed by atoms with van der Waals surface area (Å²) in [5.74, 6) is 0.0445. The van der Waals surface area contributed by atoms with Crippen molar-refractivity contribution in [1.82, 2.24) is 9.88 Å². The third-order valence-electron chi connectivity index (χ3n) is 7.05. The van der Waals surface area contributed by atoms with Crippen molar-refractivity contribution in [3.8, 4) is 5.75 Å². The van der Waals surface area contributed by atoms with E-state index in [-0.39, 0.29) is 17.9 Å². The quantitative estimate of drug-likeness (QED) is 0.412. The molecular weight excluding hydrogens is 444 g/mol. The van der Waals surface area contributed by atoms with Gasteiger partial charge >= 0.3 is 5.97 Å². The van der Waals surface area contributed by atoms with E-state index in [9.17, 15) is 14.7 Å². The highest BCUT2D eigenvalue weighted by Crippen LogP contribution is 2.31. The molecule has 2 N–H and O–H groups in total. The fourth-order valence-electron chi connectivity index (χ4n) is 4.98. The number of carboxylic acid groups (broad SMARTS) is 1. The lowest BCUT2D eigenvalue weighted by Crippen LogP contribution is -2.40. The molecule has 1 saturated carbocycles. The van der Waals surface area contributed by atoms with E-state index in [1.54, 1.807) is 7.11 Å². The molecule has 1 fully saturated rings. The fraction of sp³-hybridized carbons (Fsp3) is 0.429. The van der Waals surface area contributed by atoms with Crippen LogP contribution in [0, 0.1) is 11.8 Å². The maximum Gasteiger partial charge on any atom is 0.306 e. The summed E-state index contributed by atoms with van der Waals surface area (Å²) < 4.78 is 12.8. The summed E-state index contributed by atoms with van der Waals surface area (Å²) in [7, 11) is 1.65. The number of carbonyl (C=O) groups excluding carboxylic acids is 1. The standard InChI is InChI=1S/C28H34N2O5/c1-19(21-8-10-23(11-9-21)28(32)33)29-27(31)25-5-3-4-22-14-15-30(26(22)25)18-20-6-12-24(13-7-20)35-17-16-34-2/h3-7,12-15,19,21,23H,8-11,16-18H2,1-2H3,(H,29,31)(H,32,33)/t19?,21-,23-. The number of rotatable bonds is 10. The molecule has 1 heterocycles. The van der Waals surface area contributed by atoms with E-state index in [2.05, 4.69) is 9.88 Å². The van der Waals surface area contributed by atoms with Crippen LogP contribution in [0.15, 0.2) is 54.7 Å². The first-order valence-electron chi connectivity index (χ1n) is 12.3. The molecule has 186 valence electrons. The van der Waals surface area contributed by atoms with Crippen molar-refractivity contribution in [3.05, 3.63) is 65.9 Å². The average molecular weight is 479 g/mol. The SMILES string of the molecule is COCCOc1ccc(Cn2ccc3cccc(C(=O)NC(C)[C@H]4CC[C@H](C(=O)O)CC4)c32)cc1. The largest absolute Gasteiger partial charge is 0.491 e. The number of carboxylic acids is 1. The van der Waals surface area contributed by atoms with Gasteiger partial charge in [0, 0.05) is 31.3 Å². The van der Waals surface area contributed by atoms with Crippen molar-refractivity contribution in [2.45, 2.75) is 45.2 Å². The molecule has 35 heavy (non-hydrogen) atoms. The summed E-state index contributed by atoms with van der Waals surface area (Å²) in [4.78, 5) is 24.6. The number of para-hydroxylation sites is 1. The van der Waals surface area contributed by atoms with Gasteiger partial charge in [0.15, 0.2) is 0 Å². The van der Waals surface area contributed by atoms with Crippen LogP contribution in [0.1, 0.15) is 48.5 Å². The van der Waals surface area contributed by atoms with Crippen LogP contribution in [0.3, 0.4) is 0 Å². The van der Waals surface area contributed by atoms with Gasteiger partial charge in [-0.25, -0.2) is 0 Å². The third-order valence-corrected chi connectivity index (χ3v) is 7.05. The highest BCUT2D eigenvalue weighted by atomic mass is 16.5. The second kappa shape index (κ2) is 11.4. The number of nitrogens with one attached hydrogen (secondary N) is 1. The Morgan fingerprint density at radius 2 is 1.80 bits per heavy atom. The van der Waals surface area contributed by atoms with Crippen LogP contribution in [-0.4, -0.2) is 47.9 Å². The minimum atomic E-state index is -0.708. The number of amides is 1. The van der Waals surface area contributed by atoms with Gasteiger partial charge in [-0.3, -0.25) is 9.59 Å². The summed E-state index contributed by atoms with van der Waals surface area (Å²) in [5, 5.41) is 13.5. The molecule has 1 amide bonds. The zero-order chi connectivity index (χ0) is 24.8. The zero-order valence-electron chi connectivity index (χ0n) is 20.4. The average Bonchev–Trinajstić information content (AvgIpc) is 3.28. The molecule has 4 rings (SSSR count). The third kappa shape index (κ3) is 6.03. The second-order valence-electron chi connectivity index (χ2n) is 9.38. The molecule has 7 nitrogen and oxygen atoms in total. The number of aliphatic carboxylic acids is 1. The predicted octanol–water partition coefficient (Wildman–Crippen LogP) is 4.72. The molecule has 2 aromatic carbocycles. The van der Waals surface area contributed by atoms with E-state index in [0.29, 0.717) is 44.1 Å². The number of methoxy groups -OCH3 is 1. The van der Waals surface area contributed by atoms with E-state index in [0.717, 1.165) is 35.1 Å². The molecule has 0 saturated heterocycles.